The van der Waals surface area contributed by atoms with Gasteiger partial charge in [-0.3, -0.25) is 14.6 Å². The van der Waals surface area contributed by atoms with Crippen LogP contribution in [-0.2, 0) is 6.54 Å². The second kappa shape index (κ2) is 8.57. The van der Waals surface area contributed by atoms with Crippen molar-refractivity contribution < 1.29 is 9.18 Å². The molecule has 0 aliphatic carbocycles. The molecule has 0 saturated carbocycles. The molecule has 0 radical (unpaired) electrons. The normalized spacial score (nSPS) is 13.9. The van der Waals surface area contributed by atoms with Crippen LogP contribution in [0.1, 0.15) is 29.3 Å². The van der Waals surface area contributed by atoms with Crippen LogP contribution in [0.2, 0.25) is 5.02 Å². The molecule has 1 aliphatic rings. The van der Waals surface area contributed by atoms with Gasteiger partial charge in [0.1, 0.15) is 5.01 Å². The number of halogens is 2. The Morgan fingerprint density at radius 3 is 2.62 bits per heavy atom. The molecule has 1 fully saturated rings. The van der Waals surface area contributed by atoms with Gasteiger partial charge in [0.15, 0.2) is 5.82 Å². The molecule has 2 aromatic carbocycles. The molecule has 29 heavy (non-hydrogen) atoms. The van der Waals surface area contributed by atoms with Crippen LogP contribution in [0.15, 0.2) is 42.5 Å². The van der Waals surface area contributed by atoms with E-state index in [0.717, 1.165) is 25.2 Å². The van der Waals surface area contributed by atoms with Crippen molar-refractivity contribution in [3.8, 4) is 10.6 Å². The van der Waals surface area contributed by atoms with E-state index in [4.69, 9.17) is 11.6 Å². The van der Waals surface area contributed by atoms with Gasteiger partial charge < -0.3 is 0 Å². The maximum atomic E-state index is 14.3. The molecule has 5 nitrogen and oxygen atoms in total. The van der Waals surface area contributed by atoms with Crippen molar-refractivity contribution in [3.05, 3.63) is 64.4 Å². The first-order chi connectivity index (χ1) is 14.1. The van der Waals surface area contributed by atoms with E-state index < -0.39 is 11.7 Å². The molecule has 0 bridgehead atoms. The molecular formula is C21H20ClFN4OS. The Balaban J connectivity index is 1.53. The zero-order valence-corrected chi connectivity index (χ0v) is 17.5. The maximum Gasteiger partial charge on any atom is 0.263 e. The number of carbonyl (C=O) groups excluding carboxylic acids is 1. The van der Waals surface area contributed by atoms with E-state index in [0.29, 0.717) is 16.7 Å². The first-order valence-electron chi connectivity index (χ1n) is 9.48. The van der Waals surface area contributed by atoms with Gasteiger partial charge in [0.2, 0.25) is 5.13 Å². The molecule has 150 valence electrons. The average Bonchev–Trinajstić information content (AvgIpc) is 3.17. The largest absolute Gasteiger partial charge is 0.299 e. The van der Waals surface area contributed by atoms with E-state index in [9.17, 15) is 9.18 Å². The molecule has 1 saturated heterocycles. The molecule has 0 spiro atoms. The molecule has 1 aliphatic heterocycles. The summed E-state index contributed by atoms with van der Waals surface area (Å²) in [6.45, 7) is 5.44. The minimum absolute atomic E-state index is 0.0774. The number of carbonyl (C=O) groups is 1. The van der Waals surface area contributed by atoms with Gasteiger partial charge in [-0.1, -0.05) is 53.3 Å². The van der Waals surface area contributed by atoms with Gasteiger partial charge in [-0.2, -0.15) is 0 Å². The van der Waals surface area contributed by atoms with Crippen LogP contribution < -0.4 is 4.90 Å². The highest BCUT2D eigenvalue weighted by molar-refractivity contribution is 7.18. The minimum atomic E-state index is -0.722. The number of hydrogen-bond donors (Lipinski definition) is 0. The highest BCUT2D eigenvalue weighted by Crippen LogP contribution is 2.30. The number of likely N-dealkylation sites (tertiary alicyclic amines) is 1. The number of rotatable bonds is 6. The molecule has 4 rings (SSSR count). The second-order valence-electron chi connectivity index (χ2n) is 6.87. The van der Waals surface area contributed by atoms with Gasteiger partial charge in [0.05, 0.1) is 10.6 Å². The standard InChI is InChI=1S/C21H20ClFN4OS/c1-2-27(20(28)16-5-3-6-17(22)18(16)23)21-25-24-19(29-21)15-9-7-14(8-10-15)13-26-11-4-12-26/h3,5-10H,2,4,11-13H2,1H3. The molecule has 1 aromatic heterocycles. The van der Waals surface area contributed by atoms with E-state index >= 15 is 0 Å². The van der Waals surface area contributed by atoms with Gasteiger partial charge in [-0.05, 0) is 44.1 Å². The summed E-state index contributed by atoms with van der Waals surface area (Å²) < 4.78 is 14.3. The summed E-state index contributed by atoms with van der Waals surface area (Å²) in [5, 5.41) is 9.46. The first-order valence-corrected chi connectivity index (χ1v) is 10.7. The van der Waals surface area contributed by atoms with Crippen LogP contribution >= 0.6 is 22.9 Å². The third kappa shape index (κ3) is 4.17. The van der Waals surface area contributed by atoms with Crippen molar-refractivity contribution in [2.75, 3.05) is 24.5 Å². The van der Waals surface area contributed by atoms with Crippen LogP contribution in [0, 0.1) is 5.82 Å². The fraction of sp³-hybridized carbons (Fsp3) is 0.286. The Hall–Kier alpha value is -2.35. The van der Waals surface area contributed by atoms with Gasteiger partial charge in [0, 0.05) is 18.7 Å². The Morgan fingerprint density at radius 2 is 1.97 bits per heavy atom. The summed E-state index contributed by atoms with van der Waals surface area (Å²) >= 11 is 7.12. The third-order valence-electron chi connectivity index (χ3n) is 4.94. The summed E-state index contributed by atoms with van der Waals surface area (Å²) in [4.78, 5) is 16.6. The Bertz CT molecular complexity index is 1020. The predicted octanol–water partition coefficient (Wildman–Crippen LogP) is 4.87. The molecule has 0 unspecified atom stereocenters. The average molecular weight is 431 g/mol. The molecule has 2 heterocycles. The Morgan fingerprint density at radius 1 is 1.21 bits per heavy atom. The van der Waals surface area contributed by atoms with Crippen molar-refractivity contribution in [1.82, 2.24) is 15.1 Å². The van der Waals surface area contributed by atoms with Gasteiger partial charge >= 0.3 is 0 Å². The zero-order chi connectivity index (χ0) is 20.4. The quantitative estimate of drug-likeness (QED) is 0.559. The molecule has 8 heteroatoms. The highest BCUT2D eigenvalue weighted by Gasteiger charge is 2.24. The van der Waals surface area contributed by atoms with Crippen LogP contribution in [-0.4, -0.2) is 40.6 Å². The van der Waals surface area contributed by atoms with E-state index in [1.807, 2.05) is 19.1 Å². The zero-order valence-electron chi connectivity index (χ0n) is 15.9. The second-order valence-corrected chi connectivity index (χ2v) is 8.23. The highest BCUT2D eigenvalue weighted by atomic mass is 35.5. The lowest BCUT2D eigenvalue weighted by Crippen LogP contribution is -2.36. The first kappa shape index (κ1) is 19.9. The van der Waals surface area contributed by atoms with Crippen molar-refractivity contribution in [2.24, 2.45) is 0 Å². The molecule has 3 aromatic rings. The van der Waals surface area contributed by atoms with E-state index in [2.05, 4.69) is 27.2 Å². The Kier molecular flexibility index (Phi) is 5.89. The number of anilines is 1. The monoisotopic (exact) mass is 430 g/mol. The number of nitrogens with zero attached hydrogens (tertiary/aromatic N) is 4. The van der Waals surface area contributed by atoms with Gasteiger partial charge in [-0.25, -0.2) is 4.39 Å². The summed E-state index contributed by atoms with van der Waals surface area (Å²) in [5.41, 5.74) is 2.13. The van der Waals surface area contributed by atoms with Crippen molar-refractivity contribution in [3.63, 3.8) is 0 Å². The molecule has 0 atom stereocenters. The lowest BCUT2D eigenvalue weighted by Gasteiger charge is -2.30. The molecular weight excluding hydrogens is 411 g/mol. The molecule has 0 N–H and O–H groups in total. The van der Waals surface area contributed by atoms with Crippen molar-refractivity contribution in [2.45, 2.75) is 19.9 Å². The number of amides is 1. The van der Waals surface area contributed by atoms with Crippen LogP contribution in [0.3, 0.4) is 0 Å². The lowest BCUT2D eigenvalue weighted by atomic mass is 10.1. The van der Waals surface area contributed by atoms with Crippen molar-refractivity contribution >= 4 is 34.0 Å². The van der Waals surface area contributed by atoms with E-state index in [-0.39, 0.29) is 10.6 Å². The van der Waals surface area contributed by atoms with Crippen LogP contribution in [0.5, 0.6) is 0 Å². The fourth-order valence-corrected chi connectivity index (χ4v) is 4.26. The van der Waals surface area contributed by atoms with Crippen molar-refractivity contribution in [1.29, 1.82) is 0 Å². The fourth-order valence-electron chi connectivity index (χ4n) is 3.17. The summed E-state index contributed by atoms with van der Waals surface area (Å²) in [6, 6.07) is 12.6. The number of hydrogen-bond acceptors (Lipinski definition) is 5. The summed E-state index contributed by atoms with van der Waals surface area (Å²) in [6.07, 6.45) is 1.28. The van der Waals surface area contributed by atoms with E-state index in [1.165, 1.54) is 40.4 Å². The number of benzene rings is 2. The topological polar surface area (TPSA) is 49.3 Å². The SMILES string of the molecule is CCN(C(=O)c1cccc(Cl)c1F)c1nnc(-c2ccc(CN3CCC3)cc2)s1. The minimum Gasteiger partial charge on any atom is -0.299 e. The predicted molar refractivity (Wildman–Crippen MR) is 114 cm³/mol. The third-order valence-corrected chi connectivity index (χ3v) is 6.23. The van der Waals surface area contributed by atoms with Crippen LogP contribution in [0.4, 0.5) is 9.52 Å². The lowest BCUT2D eigenvalue weighted by molar-refractivity contribution is 0.0984. The summed E-state index contributed by atoms with van der Waals surface area (Å²) in [5.74, 6) is -1.21. The van der Waals surface area contributed by atoms with Gasteiger partial charge in [-0.15, -0.1) is 10.2 Å². The summed E-state index contributed by atoms with van der Waals surface area (Å²) in [7, 11) is 0. The van der Waals surface area contributed by atoms with Crippen LogP contribution in [0.25, 0.3) is 10.6 Å². The smallest absolute Gasteiger partial charge is 0.263 e. The Labute approximate surface area is 177 Å². The van der Waals surface area contributed by atoms with Gasteiger partial charge in [0.25, 0.3) is 5.91 Å². The number of aromatic nitrogens is 2. The maximum absolute atomic E-state index is 14.3. The van der Waals surface area contributed by atoms with E-state index in [1.54, 1.807) is 6.07 Å². The molecule has 1 amide bonds.